The van der Waals surface area contributed by atoms with E-state index in [0.29, 0.717) is 12.8 Å². The van der Waals surface area contributed by atoms with Crippen LogP contribution in [-0.2, 0) is 14.8 Å². The fourth-order valence-corrected chi connectivity index (χ4v) is 5.53. The van der Waals surface area contributed by atoms with Crippen LogP contribution in [0.25, 0.3) is 0 Å². The third-order valence-corrected chi connectivity index (χ3v) is 7.60. The summed E-state index contributed by atoms with van der Waals surface area (Å²) in [5, 5.41) is -0.213. The number of carbonyl (C=O) groups excluding carboxylic acids is 1. The number of likely N-dealkylation sites (tertiary alicyclic amines) is 1. The molecule has 0 saturated carbocycles. The lowest BCUT2D eigenvalue weighted by Crippen LogP contribution is -2.48. The molecule has 2 fully saturated rings. The molecule has 0 spiro atoms. The first-order valence-electron chi connectivity index (χ1n) is 9.06. The quantitative estimate of drug-likeness (QED) is 0.779. The topological polar surface area (TPSA) is 57.7 Å². The molecule has 5 nitrogen and oxygen atoms in total. The second kappa shape index (κ2) is 7.82. The summed E-state index contributed by atoms with van der Waals surface area (Å²) in [5.74, 6) is -0.622. The lowest BCUT2D eigenvalue weighted by atomic mass is 9.94. The van der Waals surface area contributed by atoms with Gasteiger partial charge in [0.25, 0.3) is 0 Å². The fourth-order valence-electron chi connectivity index (χ4n) is 3.79. The lowest BCUT2D eigenvalue weighted by molar-refractivity contribution is -0.140. The number of sulfonamides is 1. The Balaban J connectivity index is 1.65. The van der Waals surface area contributed by atoms with Gasteiger partial charge >= 0.3 is 0 Å². The van der Waals surface area contributed by atoms with Crippen LogP contribution in [0.2, 0.25) is 5.02 Å². The van der Waals surface area contributed by atoms with Crippen LogP contribution in [0, 0.1) is 11.7 Å². The third-order valence-electron chi connectivity index (χ3n) is 5.42. The van der Waals surface area contributed by atoms with Gasteiger partial charge in [0.15, 0.2) is 0 Å². The second-order valence-electron chi connectivity index (χ2n) is 7.13. The summed E-state index contributed by atoms with van der Waals surface area (Å²) in [7, 11) is -3.73. The van der Waals surface area contributed by atoms with E-state index in [1.54, 1.807) is 0 Å². The third kappa shape index (κ3) is 3.89. The molecule has 1 atom stereocenters. The summed E-state index contributed by atoms with van der Waals surface area (Å²) in [6.45, 7) is 3.45. The molecule has 0 aromatic heterocycles. The SMILES string of the molecule is CC1CCCCN1C(=O)C1CCN(S(=O)(=O)c2ccc(F)c(Cl)c2)CC1. The van der Waals surface area contributed by atoms with Gasteiger partial charge < -0.3 is 4.90 Å². The first-order chi connectivity index (χ1) is 12.3. The molecule has 8 heteroatoms. The molecule has 0 N–H and O–H groups in total. The van der Waals surface area contributed by atoms with Crippen LogP contribution < -0.4 is 0 Å². The second-order valence-corrected chi connectivity index (χ2v) is 9.48. The highest BCUT2D eigenvalue weighted by atomic mass is 35.5. The Morgan fingerprint density at radius 1 is 1.15 bits per heavy atom. The molecular weight excluding hydrogens is 379 g/mol. The molecule has 2 heterocycles. The summed E-state index contributed by atoms with van der Waals surface area (Å²) < 4.78 is 40.1. The zero-order valence-electron chi connectivity index (χ0n) is 14.8. The van der Waals surface area contributed by atoms with Crippen LogP contribution in [0.5, 0.6) is 0 Å². The van der Waals surface area contributed by atoms with Gasteiger partial charge in [-0.1, -0.05) is 11.6 Å². The van der Waals surface area contributed by atoms with Crippen molar-refractivity contribution in [3.63, 3.8) is 0 Å². The van der Waals surface area contributed by atoms with Crippen molar-refractivity contribution in [3.05, 3.63) is 29.0 Å². The van der Waals surface area contributed by atoms with Crippen molar-refractivity contribution in [3.8, 4) is 0 Å². The zero-order valence-corrected chi connectivity index (χ0v) is 16.4. The van der Waals surface area contributed by atoms with Crippen LogP contribution in [0.3, 0.4) is 0 Å². The Kier molecular flexibility index (Phi) is 5.89. The molecular formula is C18H24ClFN2O3S. The van der Waals surface area contributed by atoms with E-state index in [4.69, 9.17) is 11.6 Å². The Labute approximate surface area is 159 Å². The number of benzene rings is 1. The standard InChI is InChI=1S/C18H24ClFN2O3S/c1-13-4-2-3-9-22(13)18(23)14-7-10-21(11-8-14)26(24,25)15-5-6-17(20)16(19)12-15/h5-6,12-14H,2-4,7-11H2,1H3. The molecule has 1 amide bonds. The Morgan fingerprint density at radius 2 is 1.85 bits per heavy atom. The van der Waals surface area contributed by atoms with Gasteiger partial charge in [-0.25, -0.2) is 12.8 Å². The van der Waals surface area contributed by atoms with Gasteiger partial charge in [0.2, 0.25) is 15.9 Å². The van der Waals surface area contributed by atoms with E-state index in [2.05, 4.69) is 6.92 Å². The number of hydrogen-bond donors (Lipinski definition) is 0. The van der Waals surface area contributed by atoms with Crippen molar-refractivity contribution in [1.82, 2.24) is 9.21 Å². The normalized spacial score (nSPS) is 23.2. The van der Waals surface area contributed by atoms with Crippen LogP contribution in [-0.4, -0.2) is 49.2 Å². The Morgan fingerprint density at radius 3 is 2.46 bits per heavy atom. The van der Waals surface area contributed by atoms with E-state index in [1.165, 1.54) is 10.4 Å². The fraction of sp³-hybridized carbons (Fsp3) is 0.611. The molecule has 2 aliphatic rings. The number of nitrogens with zero attached hydrogens (tertiary/aromatic N) is 2. The van der Waals surface area contributed by atoms with Gasteiger partial charge in [0, 0.05) is 31.6 Å². The lowest BCUT2D eigenvalue weighted by Gasteiger charge is -2.38. The number of piperidine rings is 2. The number of halogens is 2. The average Bonchev–Trinajstić information content (AvgIpc) is 2.64. The summed E-state index contributed by atoms with van der Waals surface area (Å²) in [5.41, 5.74) is 0. The first-order valence-corrected chi connectivity index (χ1v) is 10.9. The molecule has 3 rings (SSSR count). The maximum Gasteiger partial charge on any atom is 0.243 e. The van der Waals surface area contributed by atoms with Crippen molar-refractivity contribution < 1.29 is 17.6 Å². The maximum absolute atomic E-state index is 13.3. The van der Waals surface area contributed by atoms with E-state index in [0.717, 1.165) is 37.9 Å². The molecule has 0 aliphatic carbocycles. The molecule has 0 radical (unpaired) electrons. The minimum absolute atomic E-state index is 0.0154. The van der Waals surface area contributed by atoms with E-state index in [-0.39, 0.29) is 40.9 Å². The highest BCUT2D eigenvalue weighted by Crippen LogP contribution is 2.28. The number of rotatable bonds is 3. The number of carbonyl (C=O) groups is 1. The molecule has 2 saturated heterocycles. The van der Waals surface area contributed by atoms with E-state index >= 15 is 0 Å². The predicted octanol–water partition coefficient (Wildman–Crippen LogP) is 3.28. The van der Waals surface area contributed by atoms with Gasteiger partial charge in [-0.2, -0.15) is 4.31 Å². The average molecular weight is 403 g/mol. The van der Waals surface area contributed by atoms with Gasteiger partial charge in [-0.05, 0) is 57.2 Å². The van der Waals surface area contributed by atoms with Crippen LogP contribution >= 0.6 is 11.6 Å². The predicted molar refractivity (Wildman–Crippen MR) is 97.9 cm³/mol. The minimum Gasteiger partial charge on any atom is -0.340 e. The number of amides is 1. The monoisotopic (exact) mass is 402 g/mol. The van der Waals surface area contributed by atoms with Gasteiger partial charge in [0.1, 0.15) is 5.82 Å². The molecule has 0 bridgehead atoms. The van der Waals surface area contributed by atoms with Crippen molar-refractivity contribution in [2.45, 2.75) is 50.0 Å². The van der Waals surface area contributed by atoms with E-state index in [1.807, 2.05) is 4.90 Å². The molecule has 1 unspecified atom stereocenters. The summed E-state index contributed by atoms with van der Waals surface area (Å²) >= 11 is 5.72. The van der Waals surface area contributed by atoms with Crippen molar-refractivity contribution in [2.75, 3.05) is 19.6 Å². The highest BCUT2D eigenvalue weighted by Gasteiger charge is 2.35. The van der Waals surface area contributed by atoms with E-state index < -0.39 is 15.8 Å². The minimum atomic E-state index is -3.73. The molecule has 1 aromatic rings. The van der Waals surface area contributed by atoms with Crippen LogP contribution in [0.15, 0.2) is 23.1 Å². The first kappa shape index (κ1) is 19.6. The van der Waals surface area contributed by atoms with Crippen LogP contribution in [0.4, 0.5) is 4.39 Å². The van der Waals surface area contributed by atoms with Gasteiger partial charge in [0.05, 0.1) is 9.92 Å². The van der Waals surface area contributed by atoms with Crippen LogP contribution in [0.1, 0.15) is 39.0 Å². The van der Waals surface area contributed by atoms with Gasteiger partial charge in [-0.3, -0.25) is 4.79 Å². The molecule has 144 valence electrons. The van der Waals surface area contributed by atoms with Gasteiger partial charge in [-0.15, -0.1) is 0 Å². The maximum atomic E-state index is 13.3. The molecule has 2 aliphatic heterocycles. The van der Waals surface area contributed by atoms with Crippen molar-refractivity contribution in [2.24, 2.45) is 5.92 Å². The number of hydrogen-bond acceptors (Lipinski definition) is 3. The molecule has 26 heavy (non-hydrogen) atoms. The van der Waals surface area contributed by atoms with E-state index in [9.17, 15) is 17.6 Å². The molecule has 1 aromatic carbocycles. The zero-order chi connectivity index (χ0) is 18.9. The summed E-state index contributed by atoms with van der Waals surface area (Å²) in [6, 6.07) is 3.69. The Bertz CT molecular complexity index is 779. The smallest absolute Gasteiger partial charge is 0.243 e. The highest BCUT2D eigenvalue weighted by molar-refractivity contribution is 7.89. The van der Waals surface area contributed by atoms with Crippen molar-refractivity contribution >= 4 is 27.5 Å². The largest absolute Gasteiger partial charge is 0.340 e. The summed E-state index contributed by atoms with van der Waals surface area (Å²) in [4.78, 5) is 14.7. The van der Waals surface area contributed by atoms with Crippen molar-refractivity contribution in [1.29, 1.82) is 0 Å². The Hall–Kier alpha value is -1.18. The summed E-state index contributed by atoms with van der Waals surface area (Å²) in [6.07, 6.45) is 4.24.